The molecule has 0 aromatic heterocycles. The second-order valence-corrected chi connectivity index (χ2v) is 7.24. The zero-order valence-corrected chi connectivity index (χ0v) is 12.1. The minimum atomic E-state index is -3.69. The van der Waals surface area contributed by atoms with Crippen LogP contribution in [-0.2, 0) is 9.84 Å². The van der Waals surface area contributed by atoms with Gasteiger partial charge in [0.15, 0.2) is 0 Å². The van der Waals surface area contributed by atoms with E-state index in [1.165, 1.54) is 24.3 Å². The van der Waals surface area contributed by atoms with Crippen molar-refractivity contribution in [1.29, 1.82) is 0 Å². The van der Waals surface area contributed by atoms with Crippen molar-refractivity contribution in [2.24, 2.45) is 0 Å². The van der Waals surface area contributed by atoms with E-state index in [1.807, 2.05) is 0 Å². The topological polar surface area (TPSA) is 106 Å². The predicted octanol–water partition coefficient (Wildman–Crippen LogP) is 2.27. The molecular weight excluding hydrogens is 288 g/mol. The van der Waals surface area contributed by atoms with E-state index in [0.29, 0.717) is 11.6 Å². The van der Waals surface area contributed by atoms with Gasteiger partial charge in [-0.15, -0.1) is 0 Å². The van der Waals surface area contributed by atoms with Gasteiger partial charge in [-0.1, -0.05) is 6.07 Å². The Labute approximate surface area is 123 Å². The standard InChI is InChI=1S/C15H16N2O3S/c16-13-7-10(3-5-12(13)9-1-2-9)21(19,20)11-4-6-15(18)14(17)8-11/h3-9,18H,1-2,16-17H2. The van der Waals surface area contributed by atoms with E-state index in [9.17, 15) is 13.5 Å². The van der Waals surface area contributed by atoms with Crippen molar-refractivity contribution in [3.05, 3.63) is 42.0 Å². The molecule has 2 aromatic carbocycles. The maximum absolute atomic E-state index is 12.6. The highest BCUT2D eigenvalue weighted by Crippen LogP contribution is 2.43. The molecule has 5 nitrogen and oxygen atoms in total. The normalized spacial score (nSPS) is 15.0. The van der Waals surface area contributed by atoms with Crippen molar-refractivity contribution in [3.8, 4) is 5.75 Å². The van der Waals surface area contributed by atoms with Gasteiger partial charge in [0, 0.05) is 5.69 Å². The molecule has 1 fully saturated rings. The predicted molar refractivity (Wildman–Crippen MR) is 80.8 cm³/mol. The molecule has 3 rings (SSSR count). The van der Waals surface area contributed by atoms with Gasteiger partial charge in [0.25, 0.3) is 0 Å². The molecule has 0 saturated heterocycles. The van der Waals surface area contributed by atoms with Gasteiger partial charge in [0.1, 0.15) is 5.75 Å². The van der Waals surface area contributed by atoms with E-state index in [0.717, 1.165) is 18.4 Å². The Hall–Kier alpha value is -2.21. The minimum Gasteiger partial charge on any atom is -0.506 e. The number of hydrogen-bond acceptors (Lipinski definition) is 5. The van der Waals surface area contributed by atoms with Gasteiger partial charge in [-0.3, -0.25) is 0 Å². The number of aromatic hydroxyl groups is 1. The lowest BCUT2D eigenvalue weighted by Crippen LogP contribution is -2.04. The summed E-state index contributed by atoms with van der Waals surface area (Å²) in [6.07, 6.45) is 2.20. The molecule has 1 aliphatic rings. The van der Waals surface area contributed by atoms with E-state index in [4.69, 9.17) is 11.5 Å². The Morgan fingerprint density at radius 3 is 2.05 bits per heavy atom. The average molecular weight is 304 g/mol. The van der Waals surface area contributed by atoms with Gasteiger partial charge in [0.2, 0.25) is 9.84 Å². The number of phenolic OH excluding ortho intramolecular Hbond substituents is 1. The number of anilines is 2. The first kappa shape index (κ1) is 13.8. The molecule has 0 spiro atoms. The molecule has 0 aliphatic heterocycles. The van der Waals surface area contributed by atoms with Crippen LogP contribution in [-0.4, -0.2) is 13.5 Å². The molecule has 0 bridgehead atoms. The van der Waals surface area contributed by atoms with E-state index in [-0.39, 0.29) is 21.2 Å². The van der Waals surface area contributed by atoms with E-state index < -0.39 is 9.84 Å². The highest BCUT2D eigenvalue weighted by molar-refractivity contribution is 7.91. The molecule has 21 heavy (non-hydrogen) atoms. The van der Waals surface area contributed by atoms with Gasteiger partial charge < -0.3 is 16.6 Å². The van der Waals surface area contributed by atoms with Crippen LogP contribution in [0.3, 0.4) is 0 Å². The quantitative estimate of drug-likeness (QED) is 0.595. The van der Waals surface area contributed by atoms with Gasteiger partial charge in [-0.05, 0) is 54.7 Å². The maximum Gasteiger partial charge on any atom is 0.206 e. The number of phenols is 1. The third kappa shape index (κ3) is 2.42. The molecule has 0 amide bonds. The minimum absolute atomic E-state index is 0.0265. The number of hydrogen-bond donors (Lipinski definition) is 3. The fourth-order valence-electron chi connectivity index (χ4n) is 2.32. The van der Waals surface area contributed by atoms with Crippen LogP contribution in [0.25, 0.3) is 0 Å². The second-order valence-electron chi connectivity index (χ2n) is 5.29. The molecule has 6 heteroatoms. The van der Waals surface area contributed by atoms with Crippen molar-refractivity contribution in [3.63, 3.8) is 0 Å². The first-order valence-corrected chi connectivity index (χ1v) is 8.11. The van der Waals surface area contributed by atoms with Crippen LogP contribution in [0, 0.1) is 0 Å². The molecule has 2 aromatic rings. The summed E-state index contributed by atoms with van der Waals surface area (Å²) in [7, 11) is -3.69. The van der Waals surface area contributed by atoms with E-state index >= 15 is 0 Å². The van der Waals surface area contributed by atoms with Gasteiger partial charge in [0.05, 0.1) is 15.5 Å². The third-order valence-electron chi connectivity index (χ3n) is 3.70. The van der Waals surface area contributed by atoms with Gasteiger partial charge in [-0.25, -0.2) is 8.42 Å². The monoisotopic (exact) mass is 304 g/mol. The van der Waals surface area contributed by atoms with Crippen molar-refractivity contribution in [2.45, 2.75) is 28.6 Å². The molecule has 1 saturated carbocycles. The lowest BCUT2D eigenvalue weighted by atomic mass is 10.1. The average Bonchev–Trinajstić information content (AvgIpc) is 3.26. The summed E-state index contributed by atoms with van der Waals surface area (Å²) in [6.45, 7) is 0. The highest BCUT2D eigenvalue weighted by atomic mass is 32.2. The molecule has 1 aliphatic carbocycles. The van der Waals surface area contributed by atoms with Crippen LogP contribution >= 0.6 is 0 Å². The molecular formula is C15H16N2O3S. The summed E-state index contributed by atoms with van der Waals surface area (Å²) in [6, 6.07) is 8.68. The van der Waals surface area contributed by atoms with Gasteiger partial charge >= 0.3 is 0 Å². The summed E-state index contributed by atoms with van der Waals surface area (Å²) >= 11 is 0. The van der Waals surface area contributed by atoms with Crippen LogP contribution in [0.4, 0.5) is 11.4 Å². The first-order valence-electron chi connectivity index (χ1n) is 6.62. The van der Waals surface area contributed by atoms with E-state index in [2.05, 4.69) is 0 Å². The summed E-state index contributed by atoms with van der Waals surface area (Å²) < 4.78 is 25.1. The number of nitrogens with two attached hydrogens (primary N) is 2. The zero-order valence-electron chi connectivity index (χ0n) is 11.3. The number of nitrogen functional groups attached to an aromatic ring is 2. The Bertz CT molecular complexity index is 812. The Morgan fingerprint density at radius 1 is 0.952 bits per heavy atom. The number of benzene rings is 2. The largest absolute Gasteiger partial charge is 0.506 e. The fourth-order valence-corrected chi connectivity index (χ4v) is 3.65. The van der Waals surface area contributed by atoms with Crippen molar-refractivity contribution in [1.82, 2.24) is 0 Å². The van der Waals surface area contributed by atoms with E-state index in [1.54, 1.807) is 12.1 Å². The fraction of sp³-hybridized carbons (Fsp3) is 0.200. The van der Waals surface area contributed by atoms with Crippen molar-refractivity contribution < 1.29 is 13.5 Å². The lowest BCUT2D eigenvalue weighted by Gasteiger charge is -2.09. The Morgan fingerprint density at radius 2 is 1.52 bits per heavy atom. The molecule has 5 N–H and O–H groups in total. The zero-order chi connectivity index (χ0) is 15.2. The second kappa shape index (κ2) is 4.66. The smallest absolute Gasteiger partial charge is 0.206 e. The lowest BCUT2D eigenvalue weighted by molar-refractivity contribution is 0.477. The summed E-state index contributed by atoms with van der Waals surface area (Å²) in [5.41, 5.74) is 13.1. The molecule has 0 heterocycles. The molecule has 0 unspecified atom stereocenters. The number of rotatable bonds is 3. The summed E-state index contributed by atoms with van der Waals surface area (Å²) in [5.74, 6) is 0.323. The molecule has 0 atom stereocenters. The Kier molecular flexibility index (Phi) is 3.06. The Balaban J connectivity index is 2.05. The first-order chi connectivity index (χ1) is 9.89. The maximum atomic E-state index is 12.6. The molecule has 110 valence electrons. The van der Waals surface area contributed by atoms with Crippen molar-refractivity contribution in [2.75, 3.05) is 11.5 Å². The van der Waals surface area contributed by atoms with Crippen LogP contribution in [0.5, 0.6) is 5.75 Å². The summed E-state index contributed by atoms with van der Waals surface area (Å²) in [5, 5.41) is 9.39. The van der Waals surface area contributed by atoms with Gasteiger partial charge in [-0.2, -0.15) is 0 Å². The van der Waals surface area contributed by atoms with Crippen LogP contribution in [0.1, 0.15) is 24.3 Å². The van der Waals surface area contributed by atoms with Crippen LogP contribution < -0.4 is 11.5 Å². The third-order valence-corrected chi connectivity index (χ3v) is 5.44. The van der Waals surface area contributed by atoms with Crippen LogP contribution in [0.2, 0.25) is 0 Å². The summed E-state index contributed by atoms with van der Waals surface area (Å²) in [4.78, 5) is 0.172. The molecule has 0 radical (unpaired) electrons. The van der Waals surface area contributed by atoms with Crippen LogP contribution in [0.15, 0.2) is 46.2 Å². The number of sulfone groups is 1. The highest BCUT2D eigenvalue weighted by Gasteiger charge is 2.27. The SMILES string of the molecule is Nc1cc(S(=O)(=O)c2ccc(C3CC3)c(N)c2)ccc1O. The van der Waals surface area contributed by atoms with Crippen molar-refractivity contribution >= 4 is 21.2 Å².